The number of carbonyl (C=O) groups excluding carboxylic acids is 1. The average molecular weight is 386 g/mol. The van der Waals surface area contributed by atoms with E-state index in [1.54, 1.807) is 0 Å². The van der Waals surface area contributed by atoms with Gasteiger partial charge in [0.1, 0.15) is 5.82 Å². The summed E-state index contributed by atoms with van der Waals surface area (Å²) in [7, 11) is 0. The molecule has 0 fully saturated rings. The van der Waals surface area contributed by atoms with Crippen LogP contribution in [-0.4, -0.2) is 11.1 Å². The third kappa shape index (κ3) is 3.26. The summed E-state index contributed by atoms with van der Waals surface area (Å²) < 4.78 is 14.3. The van der Waals surface area contributed by atoms with Gasteiger partial charge in [0, 0.05) is 9.26 Å². The van der Waals surface area contributed by atoms with Gasteiger partial charge in [-0.3, -0.25) is 10.0 Å². The fourth-order valence-electron chi connectivity index (χ4n) is 1.79. The molecule has 0 aliphatic carbocycles. The predicted molar refractivity (Wildman–Crippen MR) is 82.8 cm³/mol. The number of aryl methyl sites for hydroxylation is 1. The van der Waals surface area contributed by atoms with Crippen LogP contribution in [0.15, 0.2) is 36.4 Å². The summed E-state index contributed by atoms with van der Waals surface area (Å²) in [6, 6.07) is 9.55. The first-order valence-electron chi connectivity index (χ1n) is 5.78. The van der Waals surface area contributed by atoms with Crippen LogP contribution in [-0.2, 0) is 0 Å². The molecule has 0 saturated heterocycles. The van der Waals surface area contributed by atoms with Crippen LogP contribution in [0.25, 0.3) is 0 Å². The number of anilines is 2. The lowest BCUT2D eigenvalue weighted by molar-refractivity contribution is 0.0707. The van der Waals surface area contributed by atoms with Crippen molar-refractivity contribution < 1.29 is 14.4 Å². The third-order valence-corrected chi connectivity index (χ3v) is 3.46. The highest BCUT2D eigenvalue weighted by molar-refractivity contribution is 14.1. The Morgan fingerprint density at radius 1 is 1.20 bits per heavy atom. The molecular formula is C14H12FIN2O2. The zero-order chi connectivity index (χ0) is 14.7. The molecule has 0 aliphatic rings. The molecule has 0 radical (unpaired) electrons. The zero-order valence-corrected chi connectivity index (χ0v) is 12.7. The van der Waals surface area contributed by atoms with Gasteiger partial charge in [0.25, 0.3) is 5.91 Å². The fourth-order valence-corrected chi connectivity index (χ4v) is 2.43. The van der Waals surface area contributed by atoms with E-state index in [0.29, 0.717) is 5.69 Å². The van der Waals surface area contributed by atoms with Crippen molar-refractivity contribution in [3.8, 4) is 0 Å². The van der Waals surface area contributed by atoms with Crippen molar-refractivity contribution in [2.24, 2.45) is 0 Å². The van der Waals surface area contributed by atoms with Gasteiger partial charge < -0.3 is 5.32 Å². The molecule has 0 unspecified atom stereocenters. The third-order valence-electron chi connectivity index (χ3n) is 2.79. The number of rotatable bonds is 3. The molecule has 4 nitrogen and oxygen atoms in total. The largest absolute Gasteiger partial charge is 0.355 e. The van der Waals surface area contributed by atoms with E-state index in [-0.39, 0.29) is 5.56 Å². The van der Waals surface area contributed by atoms with Crippen LogP contribution in [0, 0.1) is 16.3 Å². The molecule has 6 heteroatoms. The SMILES string of the molecule is Cc1cc(I)ccc1Nc1ccc(F)cc1C(=O)NO. The zero-order valence-electron chi connectivity index (χ0n) is 10.6. The molecule has 0 saturated carbocycles. The number of amides is 1. The van der Waals surface area contributed by atoms with E-state index < -0.39 is 11.7 Å². The Hall–Kier alpha value is -1.67. The molecule has 2 aromatic rings. The van der Waals surface area contributed by atoms with Crippen LogP contribution < -0.4 is 10.8 Å². The number of halogens is 2. The van der Waals surface area contributed by atoms with Crippen molar-refractivity contribution in [2.45, 2.75) is 6.92 Å². The molecule has 0 aliphatic heterocycles. The van der Waals surface area contributed by atoms with Crippen LogP contribution in [0.5, 0.6) is 0 Å². The van der Waals surface area contributed by atoms with Crippen molar-refractivity contribution >= 4 is 39.9 Å². The summed E-state index contributed by atoms with van der Waals surface area (Å²) in [5, 5.41) is 11.8. The van der Waals surface area contributed by atoms with Gasteiger partial charge in [-0.2, -0.15) is 0 Å². The van der Waals surface area contributed by atoms with Crippen molar-refractivity contribution in [1.82, 2.24) is 5.48 Å². The normalized spacial score (nSPS) is 10.2. The van der Waals surface area contributed by atoms with E-state index >= 15 is 0 Å². The van der Waals surface area contributed by atoms with Crippen molar-refractivity contribution in [3.63, 3.8) is 0 Å². The first-order chi connectivity index (χ1) is 9.51. The highest BCUT2D eigenvalue weighted by Crippen LogP contribution is 2.25. The van der Waals surface area contributed by atoms with Gasteiger partial charge in [-0.1, -0.05) is 0 Å². The number of carbonyl (C=O) groups is 1. The summed E-state index contributed by atoms with van der Waals surface area (Å²) in [6.07, 6.45) is 0. The predicted octanol–water partition coefficient (Wildman–Crippen LogP) is 3.60. The molecule has 20 heavy (non-hydrogen) atoms. The Bertz CT molecular complexity index is 662. The maximum atomic E-state index is 13.2. The molecule has 1 amide bonds. The molecule has 0 spiro atoms. The Morgan fingerprint density at radius 2 is 1.90 bits per heavy atom. The summed E-state index contributed by atoms with van der Waals surface area (Å²) in [6.45, 7) is 1.93. The number of hydroxylamine groups is 1. The lowest BCUT2D eigenvalue weighted by Gasteiger charge is -2.13. The molecule has 0 atom stereocenters. The van der Waals surface area contributed by atoms with Crippen molar-refractivity contribution in [1.29, 1.82) is 0 Å². The molecule has 0 bridgehead atoms. The first kappa shape index (κ1) is 14.7. The summed E-state index contributed by atoms with van der Waals surface area (Å²) in [5.41, 5.74) is 3.77. The molecule has 0 heterocycles. The smallest absolute Gasteiger partial charge is 0.276 e. The van der Waals surface area contributed by atoms with E-state index in [4.69, 9.17) is 5.21 Å². The van der Waals surface area contributed by atoms with E-state index in [0.717, 1.165) is 20.9 Å². The Kier molecular flexibility index (Phi) is 4.56. The Morgan fingerprint density at radius 3 is 2.55 bits per heavy atom. The maximum Gasteiger partial charge on any atom is 0.276 e. The lowest BCUT2D eigenvalue weighted by atomic mass is 10.1. The standard InChI is InChI=1S/C14H12FIN2O2/c1-8-6-10(16)3-5-12(8)17-13-4-2-9(15)7-11(13)14(19)18-20/h2-7,17,20H,1H3,(H,18,19). The summed E-state index contributed by atoms with van der Waals surface area (Å²) in [5.74, 6) is -1.32. The minimum Gasteiger partial charge on any atom is -0.355 e. The molecular weight excluding hydrogens is 374 g/mol. The Labute approximate surface area is 129 Å². The minimum atomic E-state index is -0.768. The highest BCUT2D eigenvalue weighted by Gasteiger charge is 2.13. The van der Waals surface area contributed by atoms with E-state index in [1.165, 1.54) is 17.6 Å². The van der Waals surface area contributed by atoms with Gasteiger partial charge in [-0.15, -0.1) is 0 Å². The van der Waals surface area contributed by atoms with Gasteiger partial charge in [-0.05, 0) is 71.5 Å². The molecule has 3 N–H and O–H groups in total. The second-order valence-corrected chi connectivity index (χ2v) is 5.46. The lowest BCUT2D eigenvalue weighted by Crippen LogP contribution is -2.20. The van der Waals surface area contributed by atoms with Crippen LogP contribution in [0.3, 0.4) is 0 Å². The molecule has 2 aromatic carbocycles. The van der Waals surface area contributed by atoms with Crippen LogP contribution in [0.2, 0.25) is 0 Å². The first-order valence-corrected chi connectivity index (χ1v) is 6.86. The van der Waals surface area contributed by atoms with Gasteiger partial charge in [0.15, 0.2) is 0 Å². The van der Waals surface area contributed by atoms with Crippen LogP contribution in [0.4, 0.5) is 15.8 Å². The molecule has 104 valence electrons. The fraction of sp³-hybridized carbons (Fsp3) is 0.0714. The summed E-state index contributed by atoms with van der Waals surface area (Å²) >= 11 is 2.21. The van der Waals surface area contributed by atoms with E-state index in [9.17, 15) is 9.18 Å². The number of nitrogens with one attached hydrogen (secondary N) is 2. The van der Waals surface area contributed by atoms with Gasteiger partial charge in [-0.25, -0.2) is 9.87 Å². The highest BCUT2D eigenvalue weighted by atomic mass is 127. The van der Waals surface area contributed by atoms with E-state index in [2.05, 4.69) is 27.9 Å². The summed E-state index contributed by atoms with van der Waals surface area (Å²) in [4.78, 5) is 11.5. The molecule has 0 aromatic heterocycles. The Balaban J connectivity index is 2.40. The number of benzene rings is 2. The van der Waals surface area contributed by atoms with Crippen LogP contribution >= 0.6 is 22.6 Å². The second kappa shape index (κ2) is 6.19. The topological polar surface area (TPSA) is 61.4 Å². The van der Waals surface area contributed by atoms with Crippen molar-refractivity contribution in [2.75, 3.05) is 5.32 Å². The van der Waals surface area contributed by atoms with E-state index in [1.807, 2.05) is 25.1 Å². The van der Waals surface area contributed by atoms with Gasteiger partial charge in [0.2, 0.25) is 0 Å². The monoisotopic (exact) mass is 386 g/mol. The second-order valence-electron chi connectivity index (χ2n) is 4.22. The average Bonchev–Trinajstić information content (AvgIpc) is 2.42. The van der Waals surface area contributed by atoms with Crippen molar-refractivity contribution in [3.05, 3.63) is 56.9 Å². The number of hydrogen-bond donors (Lipinski definition) is 3. The quantitative estimate of drug-likeness (QED) is 0.429. The van der Waals surface area contributed by atoms with Gasteiger partial charge in [0.05, 0.1) is 11.3 Å². The number of hydrogen-bond acceptors (Lipinski definition) is 3. The van der Waals surface area contributed by atoms with Gasteiger partial charge >= 0.3 is 0 Å². The maximum absolute atomic E-state index is 13.2. The van der Waals surface area contributed by atoms with Crippen LogP contribution in [0.1, 0.15) is 15.9 Å². The molecule has 2 rings (SSSR count). The minimum absolute atomic E-state index is 0.0328.